The molecule has 4 rings (SSSR count). The van der Waals surface area contributed by atoms with E-state index in [4.69, 9.17) is 8.97 Å². The molecule has 0 aromatic carbocycles. The lowest BCUT2D eigenvalue weighted by atomic mass is 9.95. The number of carbonyl (C=O) groups is 1. The number of urea groups is 1. The van der Waals surface area contributed by atoms with E-state index in [9.17, 15) is 13.2 Å². The zero-order valence-electron chi connectivity index (χ0n) is 14.1. The van der Waals surface area contributed by atoms with Gasteiger partial charge in [-0.2, -0.15) is 13.5 Å². The van der Waals surface area contributed by atoms with E-state index in [0.717, 1.165) is 32.4 Å². The fraction of sp³-hybridized carbons (Fsp3) is 0.786. The van der Waals surface area contributed by atoms with Crippen LogP contribution < -0.4 is 5.32 Å². The normalized spacial score (nSPS) is 27.3. The lowest BCUT2D eigenvalue weighted by Crippen LogP contribution is -2.35. The Kier molecular flexibility index (Phi) is 4.59. The third-order valence-electron chi connectivity index (χ3n) is 5.19. The highest BCUT2D eigenvalue weighted by molar-refractivity contribution is 7.80. The summed E-state index contributed by atoms with van der Waals surface area (Å²) < 4.78 is 40.9. The molecule has 2 bridgehead atoms. The first-order valence-electron chi connectivity index (χ1n) is 8.70. The van der Waals surface area contributed by atoms with Crippen LogP contribution in [0.1, 0.15) is 43.5 Å². The lowest BCUT2D eigenvalue weighted by Gasteiger charge is -2.27. The first kappa shape index (κ1) is 17.6. The number of hydrogen-bond donors (Lipinski definition) is 2. The Morgan fingerprint density at radius 3 is 2.73 bits per heavy atom. The summed E-state index contributed by atoms with van der Waals surface area (Å²) in [5.74, 6) is 1.42. The minimum atomic E-state index is -4.75. The van der Waals surface area contributed by atoms with Crippen LogP contribution in [0.25, 0.3) is 0 Å². The molecule has 0 aliphatic carbocycles. The highest BCUT2D eigenvalue weighted by Gasteiger charge is 2.49. The molecule has 26 heavy (non-hydrogen) atoms. The fourth-order valence-electron chi connectivity index (χ4n) is 3.90. The first-order valence-corrected chi connectivity index (χ1v) is 10.1. The Balaban J connectivity index is 1.45. The molecular weight excluding hydrogens is 366 g/mol. The van der Waals surface area contributed by atoms with E-state index >= 15 is 0 Å². The standard InChI is InChI=1S/C14H21N5O6S/c20-14-18-8-10(19(14)25-26(21,22)23)1-2-11(18)13-17-16-12(24-13)7-9-3-5-15-6-4-9/h9-11,15H,1-8H2,(H,21,22,23)/t10-,11+/m1/s1. The van der Waals surface area contributed by atoms with Gasteiger partial charge in [-0.05, 0) is 44.7 Å². The summed E-state index contributed by atoms with van der Waals surface area (Å²) >= 11 is 0. The summed E-state index contributed by atoms with van der Waals surface area (Å²) in [6.07, 6.45) is 3.91. The predicted molar refractivity (Wildman–Crippen MR) is 85.9 cm³/mol. The number of hydrogen-bond acceptors (Lipinski definition) is 8. The molecule has 0 spiro atoms. The molecule has 144 valence electrons. The molecule has 2 N–H and O–H groups in total. The fourth-order valence-corrected chi connectivity index (χ4v) is 4.29. The minimum absolute atomic E-state index is 0.283. The third kappa shape index (κ3) is 3.54. The monoisotopic (exact) mass is 387 g/mol. The van der Waals surface area contributed by atoms with E-state index in [1.54, 1.807) is 0 Å². The molecule has 0 unspecified atom stereocenters. The van der Waals surface area contributed by atoms with Crippen molar-refractivity contribution in [3.63, 3.8) is 0 Å². The van der Waals surface area contributed by atoms with E-state index in [0.29, 0.717) is 35.6 Å². The van der Waals surface area contributed by atoms with Crippen LogP contribution in [0.15, 0.2) is 4.42 Å². The quantitative estimate of drug-likeness (QED) is 0.682. The summed E-state index contributed by atoms with van der Waals surface area (Å²) in [5.41, 5.74) is 0. The summed E-state index contributed by atoms with van der Waals surface area (Å²) in [6, 6.07) is -1.48. The summed E-state index contributed by atoms with van der Waals surface area (Å²) in [5, 5.41) is 12.2. The van der Waals surface area contributed by atoms with Crippen LogP contribution >= 0.6 is 0 Å². The molecule has 1 aromatic rings. The Hall–Kier alpha value is -1.76. The van der Waals surface area contributed by atoms with Crippen molar-refractivity contribution < 1.29 is 26.5 Å². The van der Waals surface area contributed by atoms with E-state index in [1.165, 1.54) is 4.90 Å². The van der Waals surface area contributed by atoms with Crippen molar-refractivity contribution in [1.82, 2.24) is 25.5 Å². The van der Waals surface area contributed by atoms with Gasteiger partial charge in [0.05, 0.1) is 6.04 Å². The molecule has 3 saturated heterocycles. The number of piperidine rings is 2. The molecule has 12 heteroatoms. The van der Waals surface area contributed by atoms with Gasteiger partial charge in [-0.1, -0.05) is 0 Å². The van der Waals surface area contributed by atoms with Gasteiger partial charge >= 0.3 is 16.4 Å². The Labute approximate surface area is 150 Å². The molecule has 2 atom stereocenters. The maximum absolute atomic E-state index is 12.4. The molecule has 3 aliphatic rings. The topological polar surface area (TPSA) is 138 Å². The van der Waals surface area contributed by atoms with Gasteiger partial charge in [-0.25, -0.2) is 4.79 Å². The number of amides is 2. The Bertz CT molecular complexity index is 777. The number of fused-ring (bicyclic) bond motifs is 2. The van der Waals surface area contributed by atoms with E-state index in [-0.39, 0.29) is 6.54 Å². The van der Waals surface area contributed by atoms with E-state index < -0.39 is 28.5 Å². The number of nitrogens with zero attached hydrogens (tertiary/aromatic N) is 4. The number of rotatable bonds is 5. The highest BCUT2D eigenvalue weighted by atomic mass is 32.3. The van der Waals surface area contributed by atoms with Gasteiger partial charge in [0, 0.05) is 13.0 Å². The second-order valence-corrected chi connectivity index (χ2v) is 7.95. The molecule has 3 fully saturated rings. The molecule has 1 aromatic heterocycles. The molecule has 3 aliphatic heterocycles. The summed E-state index contributed by atoms with van der Waals surface area (Å²) in [6.45, 7) is 2.26. The first-order chi connectivity index (χ1) is 12.4. The molecule has 0 radical (unpaired) electrons. The van der Waals surface area contributed by atoms with Crippen LogP contribution in [0.2, 0.25) is 0 Å². The average molecular weight is 387 g/mol. The van der Waals surface area contributed by atoms with Gasteiger partial charge in [-0.3, -0.25) is 4.55 Å². The molecule has 11 nitrogen and oxygen atoms in total. The van der Waals surface area contributed by atoms with E-state index in [1.807, 2.05) is 0 Å². The molecule has 4 heterocycles. The SMILES string of the molecule is O=C1N2C[C@@H](CC[C@H]2c2nnc(CC3CCNCC3)o2)N1OS(=O)(=O)O. The Morgan fingerprint density at radius 1 is 1.23 bits per heavy atom. The van der Waals surface area contributed by atoms with E-state index in [2.05, 4.69) is 19.8 Å². The third-order valence-corrected chi connectivity index (χ3v) is 5.54. The maximum Gasteiger partial charge on any atom is 0.418 e. The van der Waals surface area contributed by atoms with Gasteiger partial charge < -0.3 is 14.6 Å². The van der Waals surface area contributed by atoms with Gasteiger partial charge in [0.1, 0.15) is 6.04 Å². The van der Waals surface area contributed by atoms with Crippen molar-refractivity contribution in [2.75, 3.05) is 19.6 Å². The Morgan fingerprint density at radius 2 is 2.00 bits per heavy atom. The van der Waals surface area contributed by atoms with Crippen LogP contribution in [0.4, 0.5) is 4.79 Å². The second-order valence-electron chi connectivity index (χ2n) is 6.94. The van der Waals surface area contributed by atoms with Crippen LogP contribution in [0.3, 0.4) is 0 Å². The maximum atomic E-state index is 12.4. The van der Waals surface area contributed by atoms with Gasteiger partial charge in [-0.15, -0.1) is 14.5 Å². The number of hydroxylamine groups is 2. The van der Waals surface area contributed by atoms with Crippen molar-refractivity contribution in [2.24, 2.45) is 5.92 Å². The number of carbonyl (C=O) groups excluding carboxylic acids is 1. The summed E-state index contributed by atoms with van der Waals surface area (Å²) in [7, 11) is -4.75. The average Bonchev–Trinajstić information content (AvgIpc) is 3.15. The van der Waals surface area contributed by atoms with Gasteiger partial charge in [0.25, 0.3) is 0 Å². The van der Waals surface area contributed by atoms with Crippen molar-refractivity contribution >= 4 is 16.4 Å². The van der Waals surface area contributed by atoms with Crippen molar-refractivity contribution in [2.45, 2.75) is 44.2 Å². The zero-order chi connectivity index (χ0) is 18.3. The van der Waals surface area contributed by atoms with Crippen LogP contribution in [0, 0.1) is 5.92 Å². The molecular formula is C14H21N5O6S. The largest absolute Gasteiger partial charge is 0.423 e. The van der Waals surface area contributed by atoms with Crippen LogP contribution in [0.5, 0.6) is 0 Å². The lowest BCUT2D eigenvalue weighted by molar-refractivity contribution is -0.0317. The zero-order valence-corrected chi connectivity index (χ0v) is 14.9. The molecule has 2 amide bonds. The molecule has 0 saturated carbocycles. The van der Waals surface area contributed by atoms with Crippen molar-refractivity contribution in [3.05, 3.63) is 11.8 Å². The number of nitrogens with one attached hydrogen (secondary N) is 1. The summed E-state index contributed by atoms with van der Waals surface area (Å²) in [4.78, 5) is 13.9. The predicted octanol–water partition coefficient (Wildman–Crippen LogP) is 0.287. The van der Waals surface area contributed by atoms with Crippen molar-refractivity contribution in [1.29, 1.82) is 0 Å². The smallest absolute Gasteiger partial charge is 0.418 e. The number of aromatic nitrogens is 2. The van der Waals surface area contributed by atoms with Crippen LogP contribution in [-0.2, 0) is 21.1 Å². The van der Waals surface area contributed by atoms with Gasteiger partial charge in [0.15, 0.2) is 0 Å². The minimum Gasteiger partial charge on any atom is -0.423 e. The van der Waals surface area contributed by atoms with Crippen LogP contribution in [-0.4, -0.2) is 64.8 Å². The van der Waals surface area contributed by atoms with Crippen molar-refractivity contribution in [3.8, 4) is 0 Å². The van der Waals surface area contributed by atoms with Gasteiger partial charge in [0.2, 0.25) is 11.8 Å². The second kappa shape index (κ2) is 6.76. The highest BCUT2D eigenvalue weighted by Crippen LogP contribution is 2.38.